The third-order valence-electron chi connectivity index (χ3n) is 2.10. The smallest absolute Gasteiger partial charge is 0.185 e. The first-order chi connectivity index (χ1) is 8.00. The van der Waals surface area contributed by atoms with E-state index >= 15 is 0 Å². The van der Waals surface area contributed by atoms with Gasteiger partial charge in [-0.3, -0.25) is 4.79 Å². The standard InChI is InChI=1S/C13H14ClNOS/c1-9-7-11(8-12(14)13(9)15)5-3-4-6-17-10(2)16/h7-8H,4,6,15H2,1-2H3. The van der Waals surface area contributed by atoms with Gasteiger partial charge in [0.2, 0.25) is 0 Å². The molecule has 1 aromatic rings. The predicted octanol–water partition coefficient (Wildman–Crippen LogP) is 3.25. The molecule has 0 aliphatic carbocycles. The maximum atomic E-state index is 10.7. The zero-order chi connectivity index (χ0) is 12.8. The Kier molecular flexibility index (Phi) is 5.40. The maximum Gasteiger partial charge on any atom is 0.185 e. The van der Waals surface area contributed by atoms with Crippen LogP contribution in [0.5, 0.6) is 0 Å². The molecular formula is C13H14ClNOS. The molecule has 0 saturated carbocycles. The molecule has 0 bridgehead atoms. The van der Waals surface area contributed by atoms with Crippen LogP contribution in [0.1, 0.15) is 24.5 Å². The number of halogens is 1. The second kappa shape index (κ2) is 6.58. The molecule has 1 aromatic carbocycles. The van der Waals surface area contributed by atoms with Crippen LogP contribution in [-0.4, -0.2) is 10.9 Å². The fraction of sp³-hybridized carbons (Fsp3) is 0.308. The molecule has 17 heavy (non-hydrogen) atoms. The third-order valence-corrected chi connectivity index (χ3v) is 3.23. The summed E-state index contributed by atoms with van der Waals surface area (Å²) >= 11 is 7.25. The lowest BCUT2D eigenvalue weighted by atomic mass is 10.1. The van der Waals surface area contributed by atoms with Crippen LogP contribution in [0, 0.1) is 18.8 Å². The zero-order valence-electron chi connectivity index (χ0n) is 9.84. The van der Waals surface area contributed by atoms with Crippen LogP contribution in [0.3, 0.4) is 0 Å². The number of benzene rings is 1. The number of nitrogens with two attached hydrogens (primary N) is 1. The Labute approximate surface area is 111 Å². The van der Waals surface area contributed by atoms with E-state index in [1.807, 2.05) is 13.0 Å². The molecule has 0 atom stereocenters. The van der Waals surface area contributed by atoms with Crippen LogP contribution >= 0.6 is 23.4 Å². The molecule has 0 heterocycles. The van der Waals surface area contributed by atoms with E-state index < -0.39 is 0 Å². The highest BCUT2D eigenvalue weighted by atomic mass is 35.5. The van der Waals surface area contributed by atoms with Crippen LogP contribution in [0.2, 0.25) is 5.02 Å². The van der Waals surface area contributed by atoms with Gasteiger partial charge in [-0.1, -0.05) is 35.2 Å². The van der Waals surface area contributed by atoms with Crippen molar-refractivity contribution in [2.45, 2.75) is 20.3 Å². The second-order valence-electron chi connectivity index (χ2n) is 3.58. The zero-order valence-corrected chi connectivity index (χ0v) is 11.4. The number of carbonyl (C=O) groups excluding carboxylic acids is 1. The maximum absolute atomic E-state index is 10.7. The van der Waals surface area contributed by atoms with Crippen LogP contribution in [0.15, 0.2) is 12.1 Å². The Balaban J connectivity index is 2.63. The van der Waals surface area contributed by atoms with Gasteiger partial charge < -0.3 is 5.73 Å². The average Bonchev–Trinajstić information content (AvgIpc) is 2.25. The van der Waals surface area contributed by atoms with Crippen molar-refractivity contribution in [2.75, 3.05) is 11.5 Å². The quantitative estimate of drug-likeness (QED) is 0.508. The van der Waals surface area contributed by atoms with Gasteiger partial charge in [0, 0.05) is 24.7 Å². The molecule has 0 unspecified atom stereocenters. The largest absolute Gasteiger partial charge is 0.397 e. The molecule has 0 saturated heterocycles. The third kappa shape index (κ3) is 4.72. The molecule has 0 radical (unpaired) electrons. The van der Waals surface area contributed by atoms with Gasteiger partial charge in [-0.05, 0) is 24.6 Å². The average molecular weight is 268 g/mol. The SMILES string of the molecule is CC(=O)SCCC#Cc1cc(C)c(N)c(Cl)c1. The van der Waals surface area contributed by atoms with Crippen molar-refractivity contribution in [2.24, 2.45) is 0 Å². The number of thioether (sulfide) groups is 1. The van der Waals surface area contributed by atoms with E-state index in [9.17, 15) is 4.79 Å². The van der Waals surface area contributed by atoms with E-state index in [2.05, 4.69) is 11.8 Å². The molecule has 0 amide bonds. The molecule has 0 aliphatic rings. The molecule has 4 heteroatoms. The summed E-state index contributed by atoms with van der Waals surface area (Å²) < 4.78 is 0. The van der Waals surface area contributed by atoms with E-state index in [-0.39, 0.29) is 5.12 Å². The normalized spacial score (nSPS) is 9.59. The van der Waals surface area contributed by atoms with Gasteiger partial charge in [-0.15, -0.1) is 0 Å². The summed E-state index contributed by atoms with van der Waals surface area (Å²) in [5.74, 6) is 6.75. The topological polar surface area (TPSA) is 43.1 Å². The van der Waals surface area contributed by atoms with Gasteiger partial charge in [0.25, 0.3) is 0 Å². The molecule has 0 spiro atoms. The van der Waals surface area contributed by atoms with Crippen LogP contribution in [-0.2, 0) is 4.79 Å². The number of nitrogen functional groups attached to an aromatic ring is 1. The van der Waals surface area contributed by atoms with E-state index in [0.29, 0.717) is 17.1 Å². The molecule has 2 nitrogen and oxygen atoms in total. The van der Waals surface area contributed by atoms with Crippen LogP contribution < -0.4 is 5.73 Å². The lowest BCUT2D eigenvalue weighted by molar-refractivity contribution is -0.109. The van der Waals surface area contributed by atoms with Crippen molar-refractivity contribution in [3.8, 4) is 11.8 Å². The van der Waals surface area contributed by atoms with Gasteiger partial charge in [0.1, 0.15) is 0 Å². The first-order valence-corrected chi connectivity index (χ1v) is 6.55. The Bertz CT molecular complexity index is 465. The molecule has 0 fully saturated rings. The van der Waals surface area contributed by atoms with Crippen molar-refractivity contribution < 1.29 is 4.79 Å². The van der Waals surface area contributed by atoms with Gasteiger partial charge in [0.15, 0.2) is 5.12 Å². The summed E-state index contributed by atoms with van der Waals surface area (Å²) in [5.41, 5.74) is 8.13. The van der Waals surface area contributed by atoms with Crippen molar-refractivity contribution in [1.29, 1.82) is 0 Å². The van der Waals surface area contributed by atoms with E-state index in [1.165, 1.54) is 11.8 Å². The van der Waals surface area contributed by atoms with Gasteiger partial charge in [0.05, 0.1) is 10.7 Å². The summed E-state index contributed by atoms with van der Waals surface area (Å²) in [4.78, 5) is 10.7. The summed E-state index contributed by atoms with van der Waals surface area (Å²) in [6.07, 6.45) is 0.686. The number of anilines is 1. The van der Waals surface area contributed by atoms with E-state index in [4.69, 9.17) is 17.3 Å². The van der Waals surface area contributed by atoms with Crippen molar-refractivity contribution in [3.05, 3.63) is 28.3 Å². The molecule has 0 aromatic heterocycles. The summed E-state index contributed by atoms with van der Waals surface area (Å²) in [7, 11) is 0. The number of rotatable bonds is 2. The highest BCUT2D eigenvalue weighted by Gasteiger charge is 2.01. The summed E-state index contributed by atoms with van der Waals surface area (Å²) in [6.45, 7) is 3.46. The summed E-state index contributed by atoms with van der Waals surface area (Å²) in [5, 5.41) is 0.658. The Morgan fingerprint density at radius 3 is 2.82 bits per heavy atom. The minimum atomic E-state index is 0.123. The highest BCUT2D eigenvalue weighted by molar-refractivity contribution is 8.13. The van der Waals surface area contributed by atoms with Crippen molar-refractivity contribution in [3.63, 3.8) is 0 Å². The fourth-order valence-corrected chi connectivity index (χ4v) is 2.00. The lowest BCUT2D eigenvalue weighted by Gasteiger charge is -2.02. The van der Waals surface area contributed by atoms with Gasteiger partial charge in [-0.25, -0.2) is 0 Å². The first kappa shape index (κ1) is 14.0. The number of carbonyl (C=O) groups is 1. The second-order valence-corrected chi connectivity index (χ2v) is 5.26. The number of hydrogen-bond acceptors (Lipinski definition) is 3. The number of hydrogen-bond donors (Lipinski definition) is 1. The minimum absolute atomic E-state index is 0.123. The molecule has 0 aliphatic heterocycles. The molecule has 90 valence electrons. The van der Waals surface area contributed by atoms with Crippen LogP contribution in [0.25, 0.3) is 0 Å². The highest BCUT2D eigenvalue weighted by Crippen LogP contribution is 2.23. The van der Waals surface area contributed by atoms with E-state index in [0.717, 1.165) is 16.9 Å². The van der Waals surface area contributed by atoms with Crippen molar-refractivity contribution in [1.82, 2.24) is 0 Å². The minimum Gasteiger partial charge on any atom is -0.397 e. The Hall–Kier alpha value is -1.11. The molecular weight excluding hydrogens is 254 g/mol. The predicted molar refractivity (Wildman–Crippen MR) is 75.2 cm³/mol. The Morgan fingerprint density at radius 2 is 2.24 bits per heavy atom. The number of aryl methyl sites for hydroxylation is 1. The first-order valence-electron chi connectivity index (χ1n) is 5.18. The van der Waals surface area contributed by atoms with Gasteiger partial charge >= 0.3 is 0 Å². The van der Waals surface area contributed by atoms with Gasteiger partial charge in [-0.2, -0.15) is 0 Å². The fourth-order valence-electron chi connectivity index (χ4n) is 1.24. The van der Waals surface area contributed by atoms with Crippen molar-refractivity contribution >= 4 is 34.2 Å². The summed E-state index contributed by atoms with van der Waals surface area (Å²) in [6, 6.07) is 3.67. The molecule has 1 rings (SSSR count). The molecule has 2 N–H and O–H groups in total. The van der Waals surface area contributed by atoms with E-state index in [1.54, 1.807) is 13.0 Å². The lowest BCUT2D eigenvalue weighted by Crippen LogP contribution is -1.91. The van der Waals surface area contributed by atoms with Crippen LogP contribution in [0.4, 0.5) is 5.69 Å². The Morgan fingerprint density at radius 1 is 1.53 bits per heavy atom. The monoisotopic (exact) mass is 267 g/mol.